The second-order valence-electron chi connectivity index (χ2n) is 8.38. The molecule has 3 rings (SSSR count). The molecule has 3 aromatic rings. The van der Waals surface area contributed by atoms with Gasteiger partial charge in [0.25, 0.3) is 5.96 Å². The summed E-state index contributed by atoms with van der Waals surface area (Å²) in [5.74, 6) is -0.119. The van der Waals surface area contributed by atoms with Crippen LogP contribution in [0.4, 0.5) is 0 Å². The van der Waals surface area contributed by atoms with E-state index < -0.39 is 29.9 Å². The smallest absolute Gasteiger partial charge is 0.340 e. The molecule has 0 aliphatic carbocycles. The van der Waals surface area contributed by atoms with Crippen molar-refractivity contribution in [2.45, 2.75) is 36.5 Å². The van der Waals surface area contributed by atoms with Gasteiger partial charge in [-0.1, -0.05) is 25.1 Å². The Balaban J connectivity index is 0.00000420. The number of sulfonamides is 1. The number of benzene rings is 2. The van der Waals surface area contributed by atoms with E-state index in [-0.39, 0.29) is 48.8 Å². The monoisotopic (exact) mass is 649 g/mol. The Morgan fingerprint density at radius 3 is 2.32 bits per heavy atom. The lowest BCUT2D eigenvalue weighted by Gasteiger charge is -2.19. The van der Waals surface area contributed by atoms with E-state index in [9.17, 15) is 16.8 Å². The number of nitrogens with zero attached hydrogens (tertiary/aromatic N) is 3. The van der Waals surface area contributed by atoms with Gasteiger partial charge in [0.1, 0.15) is 15.5 Å². The van der Waals surface area contributed by atoms with Gasteiger partial charge < -0.3 is 14.8 Å². The van der Waals surface area contributed by atoms with Gasteiger partial charge in [0, 0.05) is 38.0 Å². The molecule has 0 unspecified atom stereocenters. The summed E-state index contributed by atoms with van der Waals surface area (Å²) in [6.45, 7) is 4.11. The SMILES string of the molecule is CCCONC(N)=NOc1cc(C)cc(OS(=O)(=O)c2ccccc2S(=O)(=O)N(C)CCc2ccccn2)c1.Cl.Cl. The van der Waals surface area contributed by atoms with Crippen molar-refractivity contribution in [2.24, 2.45) is 10.9 Å². The van der Waals surface area contributed by atoms with Crippen molar-refractivity contribution in [3.8, 4) is 11.5 Å². The first-order chi connectivity index (χ1) is 18.5. The minimum Gasteiger partial charge on any atom is -0.379 e. The maximum atomic E-state index is 13.3. The highest BCUT2D eigenvalue weighted by Gasteiger charge is 2.30. The van der Waals surface area contributed by atoms with Crippen LogP contribution in [-0.4, -0.2) is 52.3 Å². The number of likely N-dealkylation sites (N-methyl/N-ethyl adjacent to an activating group) is 1. The third-order valence-electron chi connectivity index (χ3n) is 5.18. The number of rotatable bonds is 13. The van der Waals surface area contributed by atoms with Crippen molar-refractivity contribution in [2.75, 3.05) is 20.2 Å². The van der Waals surface area contributed by atoms with E-state index in [1.807, 2.05) is 6.92 Å². The molecule has 0 saturated carbocycles. The molecule has 1 heterocycles. The van der Waals surface area contributed by atoms with Crippen molar-refractivity contribution < 1.29 is 30.7 Å². The maximum absolute atomic E-state index is 13.3. The number of hydrogen-bond donors (Lipinski definition) is 2. The van der Waals surface area contributed by atoms with Gasteiger partial charge in [-0.25, -0.2) is 18.2 Å². The first-order valence-electron chi connectivity index (χ1n) is 11.9. The first-order valence-corrected chi connectivity index (χ1v) is 14.8. The minimum absolute atomic E-state index is 0. The van der Waals surface area contributed by atoms with Crippen LogP contribution in [0.3, 0.4) is 0 Å². The fourth-order valence-electron chi connectivity index (χ4n) is 3.31. The zero-order chi connectivity index (χ0) is 28.5. The van der Waals surface area contributed by atoms with E-state index in [0.29, 0.717) is 24.3 Å². The molecule has 3 N–H and O–H groups in total. The summed E-state index contributed by atoms with van der Waals surface area (Å²) in [6, 6.07) is 14.9. The highest BCUT2D eigenvalue weighted by molar-refractivity contribution is 7.91. The molecule has 0 aliphatic heterocycles. The van der Waals surface area contributed by atoms with Crippen molar-refractivity contribution in [3.63, 3.8) is 0 Å². The third kappa shape index (κ3) is 10.3. The van der Waals surface area contributed by atoms with Gasteiger partial charge in [-0.15, -0.1) is 24.8 Å². The van der Waals surface area contributed by atoms with E-state index >= 15 is 0 Å². The van der Waals surface area contributed by atoms with Gasteiger partial charge in [-0.3, -0.25) is 9.82 Å². The van der Waals surface area contributed by atoms with Gasteiger partial charge in [0.05, 0.1) is 6.61 Å². The zero-order valence-corrected chi connectivity index (χ0v) is 25.9. The third-order valence-corrected chi connectivity index (χ3v) is 8.53. The summed E-state index contributed by atoms with van der Waals surface area (Å²) in [5.41, 5.74) is 9.35. The molecule has 2 aromatic carbocycles. The molecule has 0 aliphatic rings. The first kappa shape index (κ1) is 35.9. The quantitative estimate of drug-likeness (QED) is 0.0922. The van der Waals surface area contributed by atoms with Gasteiger partial charge in [-0.05, 0) is 60.5 Å². The number of pyridine rings is 1. The van der Waals surface area contributed by atoms with Crippen LogP contribution in [0, 0.1) is 6.92 Å². The van der Waals surface area contributed by atoms with Crippen LogP contribution >= 0.6 is 24.8 Å². The number of hydroxylamine groups is 1. The van der Waals surface area contributed by atoms with Gasteiger partial charge >= 0.3 is 10.1 Å². The van der Waals surface area contributed by atoms with Crippen LogP contribution < -0.4 is 20.2 Å². The second-order valence-corrected chi connectivity index (χ2v) is 11.9. The average Bonchev–Trinajstić information content (AvgIpc) is 2.90. The highest BCUT2D eigenvalue weighted by atomic mass is 35.5. The number of guanidine groups is 1. The molecule has 0 fully saturated rings. The van der Waals surface area contributed by atoms with E-state index in [0.717, 1.165) is 10.7 Å². The molecular weight excluding hydrogens is 617 g/mol. The van der Waals surface area contributed by atoms with Crippen LogP contribution in [0.2, 0.25) is 0 Å². The number of aryl methyl sites for hydroxylation is 1. The molecule has 16 heteroatoms. The molecule has 0 atom stereocenters. The Bertz CT molecular complexity index is 1510. The molecule has 41 heavy (non-hydrogen) atoms. The number of nitrogens with one attached hydrogen (secondary N) is 1. The number of nitrogens with two attached hydrogens (primary N) is 1. The van der Waals surface area contributed by atoms with Crippen LogP contribution in [0.25, 0.3) is 0 Å². The lowest BCUT2D eigenvalue weighted by molar-refractivity contribution is 0.0824. The van der Waals surface area contributed by atoms with Crippen LogP contribution in [0.1, 0.15) is 24.6 Å². The Morgan fingerprint density at radius 1 is 1.00 bits per heavy atom. The van der Waals surface area contributed by atoms with E-state index in [2.05, 4.69) is 15.6 Å². The van der Waals surface area contributed by atoms with Crippen LogP contribution in [0.15, 0.2) is 81.8 Å². The summed E-state index contributed by atoms with van der Waals surface area (Å²) >= 11 is 0. The number of aromatic nitrogens is 1. The Morgan fingerprint density at radius 2 is 1.66 bits per heavy atom. The molecule has 0 bridgehead atoms. The second kappa shape index (κ2) is 16.3. The molecule has 226 valence electrons. The molecule has 0 saturated heterocycles. The van der Waals surface area contributed by atoms with Crippen molar-refractivity contribution in [1.29, 1.82) is 0 Å². The molecule has 0 radical (unpaired) electrons. The summed E-state index contributed by atoms with van der Waals surface area (Å²) in [4.78, 5) is 13.6. The van der Waals surface area contributed by atoms with Crippen LogP contribution in [-0.2, 0) is 31.4 Å². The molecule has 0 spiro atoms. The van der Waals surface area contributed by atoms with Crippen LogP contribution in [0.5, 0.6) is 11.5 Å². The maximum Gasteiger partial charge on any atom is 0.340 e. The lowest BCUT2D eigenvalue weighted by Crippen LogP contribution is -2.32. The Labute approximate surface area is 252 Å². The molecule has 1 aromatic heterocycles. The number of hydrogen-bond acceptors (Lipinski definition) is 9. The Kier molecular flexibility index (Phi) is 14.3. The van der Waals surface area contributed by atoms with E-state index in [1.54, 1.807) is 37.4 Å². The predicted octanol–water partition coefficient (Wildman–Crippen LogP) is 3.40. The van der Waals surface area contributed by atoms with E-state index in [4.69, 9.17) is 19.6 Å². The summed E-state index contributed by atoms with van der Waals surface area (Å²) in [7, 11) is -7.39. The van der Waals surface area contributed by atoms with Gasteiger partial charge in [-0.2, -0.15) is 8.42 Å². The van der Waals surface area contributed by atoms with E-state index in [1.165, 1.54) is 43.4 Å². The number of halogens is 2. The average molecular weight is 651 g/mol. The lowest BCUT2D eigenvalue weighted by atomic mass is 10.2. The van der Waals surface area contributed by atoms with Crippen molar-refractivity contribution in [1.82, 2.24) is 14.8 Å². The fraction of sp³-hybridized carbons (Fsp3) is 0.280. The zero-order valence-electron chi connectivity index (χ0n) is 22.6. The minimum atomic E-state index is -4.57. The normalized spacial score (nSPS) is 11.8. The molecule has 0 amide bonds. The largest absolute Gasteiger partial charge is 0.379 e. The number of oxime groups is 1. The Hall–Kier alpha value is -3.14. The fourth-order valence-corrected chi connectivity index (χ4v) is 6.17. The molecular formula is C25H33Cl2N5O7S2. The standard InChI is InChI=1S/C25H31N5O7S2.2ClH/c1-4-15-35-28-25(26)29-36-21-16-19(2)17-22(18-21)37-39(33,34)24-11-6-5-10-23(24)38(31,32)30(3)14-12-20-9-7-8-13-27-20;;/h5-11,13,16-18H,4,12,14-15H2,1-3H3,(H3,26,28,29);2*1H. The van der Waals surface area contributed by atoms with Crippen molar-refractivity contribution >= 4 is 50.9 Å². The molecule has 12 nitrogen and oxygen atoms in total. The summed E-state index contributed by atoms with van der Waals surface area (Å²) in [5, 5.41) is 3.67. The van der Waals surface area contributed by atoms with Gasteiger partial charge in [0.2, 0.25) is 10.0 Å². The highest BCUT2D eigenvalue weighted by Crippen LogP contribution is 2.29. The summed E-state index contributed by atoms with van der Waals surface area (Å²) < 4.78 is 59.6. The predicted molar refractivity (Wildman–Crippen MR) is 159 cm³/mol. The van der Waals surface area contributed by atoms with Crippen molar-refractivity contribution in [3.05, 3.63) is 78.1 Å². The topological polar surface area (TPSA) is 163 Å². The summed E-state index contributed by atoms with van der Waals surface area (Å²) in [6.07, 6.45) is 2.73. The van der Waals surface area contributed by atoms with Gasteiger partial charge in [0.15, 0.2) is 5.75 Å².